The second-order valence-electron chi connectivity index (χ2n) is 3.49. The number of hydrogen-bond donors (Lipinski definition) is 2. The number of pyridine rings is 1. The van der Waals surface area contributed by atoms with Crippen LogP contribution in [-0.4, -0.2) is 30.0 Å². The van der Waals surface area contributed by atoms with Crippen molar-refractivity contribution in [2.24, 2.45) is 0 Å². The Kier molecular flexibility index (Phi) is 2.45. The Bertz CT molecular complexity index is 347. The Morgan fingerprint density at radius 2 is 2.36 bits per heavy atom. The van der Waals surface area contributed by atoms with E-state index in [9.17, 15) is 4.79 Å². The van der Waals surface area contributed by atoms with Gasteiger partial charge in [0.25, 0.3) is 5.91 Å². The van der Waals surface area contributed by atoms with Crippen LogP contribution in [0.1, 0.15) is 16.2 Å². The summed E-state index contributed by atoms with van der Waals surface area (Å²) in [5.41, 5.74) is 1.36. The molecule has 4 nitrogen and oxygen atoms in total. The molecular formula is C10H13N3O. The van der Waals surface area contributed by atoms with Crippen LogP contribution < -0.4 is 10.6 Å². The van der Waals surface area contributed by atoms with Gasteiger partial charge in [-0.05, 0) is 19.1 Å². The molecule has 4 heteroatoms. The standard InChI is InChI=1S/C10H13N3O/c1-7-3-2-4-9(12-7)10(14)13-8-5-11-6-8/h2-4,8,11H,5-6H2,1H3,(H,13,14). The van der Waals surface area contributed by atoms with Crippen LogP contribution in [0.25, 0.3) is 0 Å². The third-order valence-corrected chi connectivity index (χ3v) is 2.24. The van der Waals surface area contributed by atoms with E-state index in [0.29, 0.717) is 5.69 Å². The van der Waals surface area contributed by atoms with Gasteiger partial charge in [0.1, 0.15) is 5.69 Å². The molecule has 74 valence electrons. The average Bonchev–Trinajstić information content (AvgIpc) is 2.11. The van der Waals surface area contributed by atoms with Crippen LogP contribution in [0, 0.1) is 6.92 Å². The number of nitrogens with zero attached hydrogens (tertiary/aromatic N) is 1. The number of hydrogen-bond acceptors (Lipinski definition) is 3. The highest BCUT2D eigenvalue weighted by molar-refractivity contribution is 5.92. The highest BCUT2D eigenvalue weighted by Gasteiger charge is 2.19. The number of aromatic nitrogens is 1. The molecule has 1 aliphatic rings. The van der Waals surface area contributed by atoms with Crippen molar-refractivity contribution < 1.29 is 4.79 Å². The van der Waals surface area contributed by atoms with E-state index in [1.807, 2.05) is 19.1 Å². The van der Waals surface area contributed by atoms with Crippen molar-refractivity contribution in [3.63, 3.8) is 0 Å². The summed E-state index contributed by atoms with van der Waals surface area (Å²) in [6, 6.07) is 5.72. The molecule has 0 radical (unpaired) electrons. The Hall–Kier alpha value is -1.42. The Labute approximate surface area is 82.7 Å². The van der Waals surface area contributed by atoms with Crippen molar-refractivity contribution in [2.75, 3.05) is 13.1 Å². The fraction of sp³-hybridized carbons (Fsp3) is 0.400. The van der Waals surface area contributed by atoms with E-state index >= 15 is 0 Å². The van der Waals surface area contributed by atoms with Gasteiger partial charge in [-0.25, -0.2) is 4.98 Å². The maximum absolute atomic E-state index is 11.6. The Morgan fingerprint density at radius 3 is 2.93 bits per heavy atom. The number of aryl methyl sites for hydroxylation is 1. The van der Waals surface area contributed by atoms with Crippen molar-refractivity contribution in [3.05, 3.63) is 29.6 Å². The van der Waals surface area contributed by atoms with Gasteiger partial charge in [-0.1, -0.05) is 6.07 Å². The van der Waals surface area contributed by atoms with Crippen LogP contribution in [0.15, 0.2) is 18.2 Å². The first-order valence-electron chi connectivity index (χ1n) is 4.71. The number of carbonyl (C=O) groups excluding carboxylic acids is 1. The molecule has 14 heavy (non-hydrogen) atoms. The molecule has 0 bridgehead atoms. The van der Waals surface area contributed by atoms with Crippen molar-refractivity contribution in [1.82, 2.24) is 15.6 Å². The minimum Gasteiger partial charge on any atom is -0.345 e. The van der Waals surface area contributed by atoms with Crippen LogP contribution in [0.2, 0.25) is 0 Å². The first-order valence-corrected chi connectivity index (χ1v) is 4.71. The summed E-state index contributed by atoms with van der Waals surface area (Å²) < 4.78 is 0. The monoisotopic (exact) mass is 191 g/mol. The number of rotatable bonds is 2. The summed E-state index contributed by atoms with van der Waals surface area (Å²) >= 11 is 0. The van der Waals surface area contributed by atoms with Gasteiger partial charge < -0.3 is 10.6 Å². The number of amides is 1. The number of carbonyl (C=O) groups is 1. The van der Waals surface area contributed by atoms with Gasteiger partial charge in [-0.2, -0.15) is 0 Å². The quantitative estimate of drug-likeness (QED) is 0.696. The predicted octanol–water partition coefficient (Wildman–Crippen LogP) is 0.0916. The molecule has 1 aromatic rings. The molecule has 1 saturated heterocycles. The molecule has 0 aliphatic carbocycles. The smallest absolute Gasteiger partial charge is 0.270 e. The molecule has 0 saturated carbocycles. The molecule has 2 N–H and O–H groups in total. The zero-order valence-electron chi connectivity index (χ0n) is 8.08. The molecule has 2 rings (SSSR count). The molecule has 0 spiro atoms. The lowest BCUT2D eigenvalue weighted by atomic mass is 10.2. The van der Waals surface area contributed by atoms with Crippen LogP contribution in [0.4, 0.5) is 0 Å². The fourth-order valence-electron chi connectivity index (χ4n) is 1.32. The zero-order valence-corrected chi connectivity index (χ0v) is 8.08. The van der Waals surface area contributed by atoms with E-state index in [2.05, 4.69) is 15.6 Å². The van der Waals surface area contributed by atoms with E-state index < -0.39 is 0 Å². The van der Waals surface area contributed by atoms with E-state index in [-0.39, 0.29) is 11.9 Å². The third kappa shape index (κ3) is 1.90. The van der Waals surface area contributed by atoms with Crippen LogP contribution >= 0.6 is 0 Å². The molecule has 0 atom stereocenters. The van der Waals surface area contributed by atoms with Crippen molar-refractivity contribution in [2.45, 2.75) is 13.0 Å². The Morgan fingerprint density at radius 1 is 1.57 bits per heavy atom. The van der Waals surface area contributed by atoms with Crippen LogP contribution in [0.3, 0.4) is 0 Å². The maximum Gasteiger partial charge on any atom is 0.270 e. The molecule has 1 fully saturated rings. The van der Waals surface area contributed by atoms with Crippen molar-refractivity contribution >= 4 is 5.91 Å². The van der Waals surface area contributed by atoms with Crippen LogP contribution in [-0.2, 0) is 0 Å². The molecule has 2 heterocycles. The summed E-state index contributed by atoms with van der Waals surface area (Å²) in [7, 11) is 0. The van der Waals surface area contributed by atoms with E-state index in [0.717, 1.165) is 18.8 Å². The van der Waals surface area contributed by atoms with Crippen molar-refractivity contribution in [3.8, 4) is 0 Å². The van der Waals surface area contributed by atoms with Gasteiger partial charge in [0.2, 0.25) is 0 Å². The largest absolute Gasteiger partial charge is 0.345 e. The summed E-state index contributed by atoms with van der Waals surface area (Å²) in [5.74, 6) is -0.0831. The highest BCUT2D eigenvalue weighted by atomic mass is 16.2. The topological polar surface area (TPSA) is 54.0 Å². The fourth-order valence-corrected chi connectivity index (χ4v) is 1.32. The summed E-state index contributed by atoms with van der Waals surface area (Å²) in [4.78, 5) is 15.8. The second-order valence-corrected chi connectivity index (χ2v) is 3.49. The van der Waals surface area contributed by atoms with E-state index in [4.69, 9.17) is 0 Å². The van der Waals surface area contributed by atoms with Crippen molar-refractivity contribution in [1.29, 1.82) is 0 Å². The Balaban J connectivity index is 2.02. The molecule has 1 aliphatic heterocycles. The highest BCUT2D eigenvalue weighted by Crippen LogP contribution is 1.99. The molecule has 0 aromatic carbocycles. The normalized spacial score (nSPS) is 16.1. The lowest BCUT2D eigenvalue weighted by molar-refractivity contribution is 0.0918. The summed E-state index contributed by atoms with van der Waals surface area (Å²) in [6.45, 7) is 3.59. The minimum atomic E-state index is -0.0831. The van der Waals surface area contributed by atoms with Gasteiger partial charge in [0.15, 0.2) is 0 Å². The third-order valence-electron chi connectivity index (χ3n) is 2.24. The second kappa shape index (κ2) is 3.75. The van der Waals surface area contributed by atoms with Gasteiger partial charge in [-0.3, -0.25) is 4.79 Å². The van der Waals surface area contributed by atoms with Gasteiger partial charge in [0, 0.05) is 18.8 Å². The summed E-state index contributed by atoms with van der Waals surface area (Å²) in [5, 5.41) is 5.99. The molecule has 1 amide bonds. The van der Waals surface area contributed by atoms with Gasteiger partial charge in [-0.15, -0.1) is 0 Å². The zero-order chi connectivity index (χ0) is 9.97. The van der Waals surface area contributed by atoms with Crippen LogP contribution in [0.5, 0.6) is 0 Å². The van der Waals surface area contributed by atoms with E-state index in [1.54, 1.807) is 6.07 Å². The van der Waals surface area contributed by atoms with Gasteiger partial charge >= 0.3 is 0 Å². The molecule has 1 aromatic heterocycles. The predicted molar refractivity (Wildman–Crippen MR) is 53.1 cm³/mol. The molecular weight excluding hydrogens is 178 g/mol. The lowest BCUT2D eigenvalue weighted by Crippen LogP contribution is -2.57. The summed E-state index contributed by atoms with van der Waals surface area (Å²) in [6.07, 6.45) is 0. The first-order chi connectivity index (χ1) is 6.75. The minimum absolute atomic E-state index is 0.0831. The first kappa shape index (κ1) is 9.15. The maximum atomic E-state index is 11.6. The van der Waals surface area contributed by atoms with E-state index in [1.165, 1.54) is 0 Å². The lowest BCUT2D eigenvalue weighted by Gasteiger charge is -2.27. The van der Waals surface area contributed by atoms with Gasteiger partial charge in [0.05, 0.1) is 6.04 Å². The molecule has 0 unspecified atom stereocenters. The average molecular weight is 191 g/mol. The number of nitrogens with one attached hydrogen (secondary N) is 2. The SMILES string of the molecule is Cc1cccc(C(=O)NC2CNC2)n1.